The van der Waals surface area contributed by atoms with Crippen LogP contribution in [0.15, 0.2) is 65.8 Å². The maximum atomic E-state index is 13.5. The van der Waals surface area contributed by atoms with Crippen molar-refractivity contribution >= 4 is 17.3 Å². The summed E-state index contributed by atoms with van der Waals surface area (Å²) in [5, 5.41) is 7.49. The second kappa shape index (κ2) is 6.64. The van der Waals surface area contributed by atoms with Crippen LogP contribution in [0.2, 0.25) is 5.02 Å². The Morgan fingerprint density at radius 3 is 2.60 bits per heavy atom. The number of hydrogen-bond donors (Lipinski definition) is 0. The van der Waals surface area contributed by atoms with Gasteiger partial charge >= 0.3 is 0 Å². The Bertz CT molecular complexity index is 1180. The molecule has 0 unspecified atom stereocenters. The molecule has 0 radical (unpaired) electrons. The molecule has 0 aromatic heterocycles. The van der Waals surface area contributed by atoms with Crippen LogP contribution in [0.4, 0.5) is 4.39 Å². The minimum atomic E-state index is -0.462. The highest BCUT2D eigenvalue weighted by Crippen LogP contribution is 2.48. The maximum absolute atomic E-state index is 13.5. The summed E-state index contributed by atoms with van der Waals surface area (Å²) >= 11 is 6.27. The predicted molar refractivity (Wildman–Crippen MR) is 110 cm³/mol. The van der Waals surface area contributed by atoms with Crippen molar-refractivity contribution in [2.24, 2.45) is 5.10 Å². The van der Waals surface area contributed by atoms with Crippen molar-refractivity contribution in [2.45, 2.75) is 18.7 Å². The van der Waals surface area contributed by atoms with Crippen LogP contribution < -0.4 is 14.2 Å². The Morgan fingerprint density at radius 1 is 0.933 bits per heavy atom. The van der Waals surface area contributed by atoms with E-state index in [1.54, 1.807) is 12.1 Å². The van der Waals surface area contributed by atoms with Crippen LogP contribution >= 0.6 is 11.6 Å². The second-order valence-electron chi connectivity index (χ2n) is 7.42. The van der Waals surface area contributed by atoms with Crippen molar-refractivity contribution < 1.29 is 18.6 Å². The van der Waals surface area contributed by atoms with Gasteiger partial charge in [-0.2, -0.15) is 5.10 Å². The Hall–Kier alpha value is -3.25. The first-order valence-electron chi connectivity index (χ1n) is 9.63. The number of ether oxygens (including phenoxy) is 3. The molecule has 6 rings (SSSR count). The summed E-state index contributed by atoms with van der Waals surface area (Å²) in [6, 6.07) is 17.7. The lowest BCUT2D eigenvalue weighted by molar-refractivity contribution is -0.0190. The summed E-state index contributed by atoms with van der Waals surface area (Å²) in [4.78, 5) is 0. The van der Waals surface area contributed by atoms with Crippen molar-refractivity contribution in [3.8, 4) is 17.2 Å². The van der Waals surface area contributed by atoms with E-state index >= 15 is 0 Å². The molecular weight excluding hydrogens is 407 g/mol. The monoisotopic (exact) mass is 422 g/mol. The minimum absolute atomic E-state index is 0.0390. The van der Waals surface area contributed by atoms with Crippen molar-refractivity contribution in [3.63, 3.8) is 0 Å². The van der Waals surface area contributed by atoms with Gasteiger partial charge in [-0.3, -0.25) is 0 Å². The van der Waals surface area contributed by atoms with Gasteiger partial charge in [0.1, 0.15) is 11.6 Å². The van der Waals surface area contributed by atoms with Crippen LogP contribution in [-0.4, -0.2) is 17.5 Å². The quantitative estimate of drug-likeness (QED) is 0.550. The molecule has 3 heterocycles. The van der Waals surface area contributed by atoms with E-state index in [0.717, 1.165) is 39.7 Å². The van der Waals surface area contributed by atoms with Crippen LogP contribution in [0, 0.1) is 5.82 Å². The Kier molecular flexibility index (Phi) is 3.89. The Labute approximate surface area is 177 Å². The molecule has 3 aromatic rings. The average molecular weight is 423 g/mol. The van der Waals surface area contributed by atoms with Gasteiger partial charge in [0.2, 0.25) is 13.0 Å². The molecule has 0 aliphatic carbocycles. The molecule has 3 aliphatic heterocycles. The van der Waals surface area contributed by atoms with Gasteiger partial charge in [-0.15, -0.1) is 0 Å². The molecule has 150 valence electrons. The molecular formula is C23H16ClFN2O3. The van der Waals surface area contributed by atoms with Gasteiger partial charge in [-0.1, -0.05) is 23.7 Å². The topological polar surface area (TPSA) is 43.3 Å². The number of hydrazone groups is 1. The van der Waals surface area contributed by atoms with E-state index in [2.05, 4.69) is 0 Å². The first-order valence-corrected chi connectivity index (χ1v) is 10.0. The maximum Gasteiger partial charge on any atom is 0.231 e. The van der Waals surface area contributed by atoms with E-state index in [-0.39, 0.29) is 18.7 Å². The molecule has 0 amide bonds. The van der Waals surface area contributed by atoms with Gasteiger partial charge < -0.3 is 14.2 Å². The van der Waals surface area contributed by atoms with Crippen molar-refractivity contribution in [3.05, 3.63) is 88.2 Å². The third kappa shape index (κ3) is 2.79. The van der Waals surface area contributed by atoms with Gasteiger partial charge in [0.05, 0.1) is 11.8 Å². The lowest BCUT2D eigenvalue weighted by Gasteiger charge is -2.38. The second-order valence-corrected chi connectivity index (χ2v) is 7.86. The summed E-state index contributed by atoms with van der Waals surface area (Å²) in [5.74, 6) is 1.93. The highest BCUT2D eigenvalue weighted by Gasteiger charge is 2.41. The van der Waals surface area contributed by atoms with Gasteiger partial charge in [0.15, 0.2) is 11.5 Å². The number of hydrogen-bond acceptors (Lipinski definition) is 5. The smallest absolute Gasteiger partial charge is 0.231 e. The lowest BCUT2D eigenvalue weighted by atomic mass is 9.95. The zero-order valence-corrected chi connectivity index (χ0v) is 16.5. The molecule has 2 atom stereocenters. The summed E-state index contributed by atoms with van der Waals surface area (Å²) in [6.45, 7) is 0.229. The van der Waals surface area contributed by atoms with E-state index in [1.165, 1.54) is 12.1 Å². The SMILES string of the molecule is Fc1ccc([C@H]2Oc3ccc(Cl)cc3[C@H]3CC(c4ccc5c(c4)OCO5)=NN32)cc1. The molecule has 0 fully saturated rings. The predicted octanol–water partition coefficient (Wildman–Crippen LogP) is 5.45. The molecule has 30 heavy (non-hydrogen) atoms. The first-order chi connectivity index (χ1) is 14.7. The highest BCUT2D eigenvalue weighted by atomic mass is 35.5. The van der Waals surface area contributed by atoms with E-state index in [1.807, 2.05) is 41.4 Å². The Morgan fingerprint density at radius 2 is 1.73 bits per heavy atom. The summed E-state index contributed by atoms with van der Waals surface area (Å²) in [6.07, 6.45) is 0.226. The standard InChI is InChI=1S/C23H16ClFN2O3/c24-15-4-8-20-17(10-15)19-11-18(14-3-7-21-22(9-14)29-12-28-21)26-27(19)23(30-20)13-1-5-16(25)6-2-13/h1-10,19,23H,11-12H2/t19-,23-/m1/s1. The molecule has 0 spiro atoms. The number of benzene rings is 3. The lowest BCUT2D eigenvalue weighted by Crippen LogP contribution is -2.33. The van der Waals surface area contributed by atoms with E-state index in [4.69, 9.17) is 30.9 Å². The van der Waals surface area contributed by atoms with Crippen LogP contribution in [0.25, 0.3) is 0 Å². The molecule has 7 heteroatoms. The van der Waals surface area contributed by atoms with Crippen molar-refractivity contribution in [1.82, 2.24) is 5.01 Å². The Balaban J connectivity index is 1.43. The van der Waals surface area contributed by atoms with Crippen molar-refractivity contribution in [1.29, 1.82) is 0 Å². The van der Waals surface area contributed by atoms with Crippen LogP contribution in [0.3, 0.4) is 0 Å². The zero-order chi connectivity index (χ0) is 20.2. The summed E-state index contributed by atoms with van der Waals surface area (Å²) < 4.78 is 30.7. The number of rotatable bonds is 2. The van der Waals surface area contributed by atoms with Gasteiger partial charge in [-0.25, -0.2) is 9.40 Å². The van der Waals surface area contributed by atoms with Crippen LogP contribution in [0.5, 0.6) is 17.2 Å². The molecule has 3 aromatic carbocycles. The van der Waals surface area contributed by atoms with Gasteiger partial charge in [0, 0.05) is 28.1 Å². The summed E-state index contributed by atoms with van der Waals surface area (Å²) in [7, 11) is 0. The normalized spacial score (nSPS) is 21.0. The molecule has 0 saturated heterocycles. The molecule has 5 nitrogen and oxygen atoms in total. The zero-order valence-electron chi connectivity index (χ0n) is 15.7. The molecule has 0 bridgehead atoms. The van der Waals surface area contributed by atoms with Crippen LogP contribution in [0.1, 0.15) is 35.4 Å². The fraction of sp³-hybridized carbons (Fsp3) is 0.174. The molecule has 3 aliphatic rings. The van der Waals surface area contributed by atoms with Gasteiger partial charge in [-0.05, 0) is 48.5 Å². The third-order valence-corrected chi connectivity index (χ3v) is 5.85. The average Bonchev–Trinajstić information content (AvgIpc) is 3.41. The minimum Gasteiger partial charge on any atom is -0.464 e. The van der Waals surface area contributed by atoms with Gasteiger partial charge in [0.25, 0.3) is 0 Å². The number of halogens is 2. The number of nitrogens with zero attached hydrogens (tertiary/aromatic N) is 2. The number of fused-ring (bicyclic) bond motifs is 4. The van der Waals surface area contributed by atoms with E-state index in [9.17, 15) is 4.39 Å². The largest absolute Gasteiger partial charge is 0.464 e. The highest BCUT2D eigenvalue weighted by molar-refractivity contribution is 6.30. The third-order valence-electron chi connectivity index (χ3n) is 5.61. The summed E-state index contributed by atoms with van der Waals surface area (Å²) in [5.41, 5.74) is 3.70. The van der Waals surface area contributed by atoms with E-state index < -0.39 is 6.23 Å². The first kappa shape index (κ1) is 17.6. The van der Waals surface area contributed by atoms with E-state index in [0.29, 0.717) is 11.4 Å². The fourth-order valence-electron chi connectivity index (χ4n) is 4.16. The fourth-order valence-corrected chi connectivity index (χ4v) is 4.34. The molecule has 0 saturated carbocycles. The molecule has 0 N–H and O–H groups in total. The van der Waals surface area contributed by atoms with Crippen molar-refractivity contribution in [2.75, 3.05) is 6.79 Å². The van der Waals surface area contributed by atoms with Crippen LogP contribution in [-0.2, 0) is 0 Å².